The molecule has 0 saturated carbocycles. The average molecular weight is 284 g/mol. The molecule has 1 heterocycles. The molecule has 1 aromatic rings. The number of nitrogens with zero attached hydrogens (tertiary/aromatic N) is 2. The van der Waals surface area contributed by atoms with Gasteiger partial charge in [-0.15, -0.1) is 0 Å². The summed E-state index contributed by atoms with van der Waals surface area (Å²) < 4.78 is 23.2. The summed E-state index contributed by atoms with van der Waals surface area (Å²) >= 11 is 0. The van der Waals surface area contributed by atoms with E-state index in [2.05, 4.69) is 9.97 Å². The fraction of sp³-hybridized carbons (Fsp3) is 0.714. The van der Waals surface area contributed by atoms with Gasteiger partial charge in [0.15, 0.2) is 9.84 Å². The fourth-order valence-electron chi connectivity index (χ4n) is 1.81. The molecule has 0 aliphatic carbocycles. The third-order valence-electron chi connectivity index (χ3n) is 3.17. The molecule has 0 amide bonds. The van der Waals surface area contributed by atoms with Gasteiger partial charge in [-0.3, -0.25) is 0 Å². The average Bonchev–Trinajstić information content (AvgIpc) is 2.38. The van der Waals surface area contributed by atoms with Gasteiger partial charge in [-0.05, 0) is 32.8 Å². The van der Waals surface area contributed by atoms with Gasteiger partial charge in [0.2, 0.25) is 0 Å². The minimum atomic E-state index is -2.85. The lowest BCUT2D eigenvalue weighted by Gasteiger charge is -2.07. The maximum Gasteiger partial charge on any atom is 0.152 e. The Morgan fingerprint density at radius 1 is 1.00 bits per heavy atom. The normalized spacial score (nSPS) is 11.9. The van der Waals surface area contributed by atoms with E-state index >= 15 is 0 Å². The molecule has 0 aliphatic heterocycles. The van der Waals surface area contributed by atoms with Crippen molar-refractivity contribution in [3.05, 3.63) is 24.3 Å². The predicted molar refractivity (Wildman–Crippen MR) is 77.7 cm³/mol. The van der Waals surface area contributed by atoms with Crippen molar-refractivity contribution < 1.29 is 8.42 Å². The Morgan fingerprint density at radius 2 is 1.58 bits per heavy atom. The highest BCUT2D eigenvalue weighted by molar-refractivity contribution is 7.91. The summed E-state index contributed by atoms with van der Waals surface area (Å²) in [7, 11) is -2.85. The molecule has 0 spiro atoms. The third-order valence-corrected chi connectivity index (χ3v) is 5.46. The summed E-state index contributed by atoms with van der Waals surface area (Å²) in [5.41, 5.74) is 0. The van der Waals surface area contributed by atoms with Crippen LogP contribution in [0.4, 0.5) is 0 Å². The van der Waals surface area contributed by atoms with Crippen LogP contribution in [0.2, 0.25) is 0 Å². The molecule has 5 heteroatoms. The largest absolute Gasteiger partial charge is 0.241 e. The number of sulfone groups is 1. The maximum atomic E-state index is 11.6. The van der Waals surface area contributed by atoms with Crippen molar-refractivity contribution in [2.45, 2.75) is 57.6 Å². The van der Waals surface area contributed by atoms with Crippen LogP contribution in [-0.2, 0) is 16.3 Å². The van der Waals surface area contributed by atoms with E-state index in [4.69, 9.17) is 0 Å². The van der Waals surface area contributed by atoms with E-state index in [1.54, 1.807) is 26.2 Å². The summed E-state index contributed by atoms with van der Waals surface area (Å²) in [6.07, 6.45) is 9.47. The van der Waals surface area contributed by atoms with Gasteiger partial charge < -0.3 is 0 Å². The van der Waals surface area contributed by atoms with Crippen molar-refractivity contribution >= 4 is 9.84 Å². The highest BCUT2D eigenvalue weighted by Crippen LogP contribution is 2.09. The van der Waals surface area contributed by atoms with Gasteiger partial charge in [-0.1, -0.05) is 19.3 Å². The lowest BCUT2D eigenvalue weighted by Crippen LogP contribution is -2.17. The van der Waals surface area contributed by atoms with Crippen molar-refractivity contribution in [2.75, 3.05) is 5.75 Å². The standard InChI is InChI=1S/C14H24N2O2S/c1-13(2)19(17,18)12-7-5-3-4-6-9-14-15-10-8-11-16-14/h8,10-11,13H,3-7,9,12H2,1-2H3. The Morgan fingerprint density at radius 3 is 2.21 bits per heavy atom. The van der Waals surface area contributed by atoms with Gasteiger partial charge in [-0.25, -0.2) is 18.4 Å². The number of aromatic nitrogens is 2. The molecule has 1 aromatic heterocycles. The Bertz CT molecular complexity index is 444. The zero-order valence-corrected chi connectivity index (χ0v) is 12.7. The van der Waals surface area contributed by atoms with Crippen LogP contribution in [0.15, 0.2) is 18.5 Å². The minimum Gasteiger partial charge on any atom is -0.241 e. The van der Waals surface area contributed by atoms with Gasteiger partial charge in [0.05, 0.1) is 11.0 Å². The summed E-state index contributed by atoms with van der Waals surface area (Å²) in [5.74, 6) is 1.22. The predicted octanol–water partition coefficient (Wildman–Crippen LogP) is 2.79. The van der Waals surface area contributed by atoms with Gasteiger partial charge in [-0.2, -0.15) is 0 Å². The van der Waals surface area contributed by atoms with E-state index in [9.17, 15) is 8.42 Å². The van der Waals surface area contributed by atoms with E-state index < -0.39 is 9.84 Å². The molecule has 0 unspecified atom stereocenters. The zero-order chi connectivity index (χ0) is 14.1. The second kappa shape index (κ2) is 8.25. The van der Waals surface area contributed by atoms with E-state index in [-0.39, 0.29) is 5.25 Å². The van der Waals surface area contributed by atoms with Crippen molar-refractivity contribution in [3.63, 3.8) is 0 Å². The van der Waals surface area contributed by atoms with Crippen LogP contribution in [0.3, 0.4) is 0 Å². The number of aryl methyl sites for hydroxylation is 1. The Labute approximate surface area is 116 Å². The highest BCUT2D eigenvalue weighted by atomic mass is 32.2. The zero-order valence-electron chi connectivity index (χ0n) is 11.9. The van der Waals surface area contributed by atoms with E-state index in [0.29, 0.717) is 5.75 Å². The molecule has 0 fully saturated rings. The molecule has 1 rings (SSSR count). The molecule has 19 heavy (non-hydrogen) atoms. The summed E-state index contributed by atoms with van der Waals surface area (Å²) in [4.78, 5) is 8.35. The minimum absolute atomic E-state index is 0.247. The SMILES string of the molecule is CC(C)S(=O)(=O)CCCCCCCc1ncccn1. The molecular formula is C14H24N2O2S. The third kappa shape index (κ3) is 6.66. The lowest BCUT2D eigenvalue weighted by molar-refractivity contribution is 0.576. The Hall–Kier alpha value is -0.970. The summed E-state index contributed by atoms with van der Waals surface area (Å²) in [6, 6.07) is 1.82. The number of hydrogen-bond acceptors (Lipinski definition) is 4. The van der Waals surface area contributed by atoms with Crippen molar-refractivity contribution in [1.82, 2.24) is 9.97 Å². The molecule has 108 valence electrons. The molecule has 0 radical (unpaired) electrons. The maximum absolute atomic E-state index is 11.6. The van der Waals surface area contributed by atoms with Crippen molar-refractivity contribution in [3.8, 4) is 0 Å². The first-order valence-corrected chi connectivity index (χ1v) is 8.71. The van der Waals surface area contributed by atoms with E-state index in [0.717, 1.165) is 44.3 Å². The van der Waals surface area contributed by atoms with Gasteiger partial charge in [0.1, 0.15) is 5.82 Å². The topological polar surface area (TPSA) is 59.9 Å². The molecule has 4 nitrogen and oxygen atoms in total. The van der Waals surface area contributed by atoms with Crippen LogP contribution in [0.1, 0.15) is 51.8 Å². The first kappa shape index (κ1) is 16.1. The second-order valence-electron chi connectivity index (χ2n) is 5.10. The molecule has 0 atom stereocenters. The monoisotopic (exact) mass is 284 g/mol. The van der Waals surface area contributed by atoms with Crippen LogP contribution in [-0.4, -0.2) is 29.4 Å². The van der Waals surface area contributed by atoms with Crippen LogP contribution in [0.25, 0.3) is 0 Å². The fourth-order valence-corrected chi connectivity index (χ4v) is 2.89. The molecule has 0 aromatic carbocycles. The van der Waals surface area contributed by atoms with Gasteiger partial charge in [0, 0.05) is 18.8 Å². The van der Waals surface area contributed by atoms with Gasteiger partial charge in [0.25, 0.3) is 0 Å². The second-order valence-corrected chi connectivity index (χ2v) is 7.78. The van der Waals surface area contributed by atoms with E-state index in [1.165, 1.54) is 0 Å². The number of hydrogen-bond donors (Lipinski definition) is 0. The summed E-state index contributed by atoms with van der Waals surface area (Å²) in [6.45, 7) is 3.49. The smallest absolute Gasteiger partial charge is 0.152 e. The highest BCUT2D eigenvalue weighted by Gasteiger charge is 2.14. The van der Waals surface area contributed by atoms with Crippen molar-refractivity contribution in [2.24, 2.45) is 0 Å². The molecular weight excluding hydrogens is 260 g/mol. The van der Waals surface area contributed by atoms with Crippen LogP contribution < -0.4 is 0 Å². The van der Waals surface area contributed by atoms with Gasteiger partial charge >= 0.3 is 0 Å². The van der Waals surface area contributed by atoms with Crippen molar-refractivity contribution in [1.29, 1.82) is 0 Å². The molecule has 0 aliphatic rings. The quantitative estimate of drug-likeness (QED) is 0.654. The van der Waals surface area contributed by atoms with Crippen LogP contribution in [0, 0.1) is 0 Å². The Kier molecular flexibility index (Phi) is 6.99. The summed E-state index contributed by atoms with van der Waals surface area (Å²) in [5, 5.41) is -0.247. The van der Waals surface area contributed by atoms with Crippen LogP contribution in [0.5, 0.6) is 0 Å². The molecule has 0 saturated heterocycles. The first-order valence-electron chi connectivity index (χ1n) is 7.00. The Balaban J connectivity index is 2.03. The lowest BCUT2D eigenvalue weighted by atomic mass is 10.1. The first-order chi connectivity index (χ1) is 9.02. The van der Waals surface area contributed by atoms with Crippen LogP contribution >= 0.6 is 0 Å². The number of rotatable bonds is 9. The molecule has 0 bridgehead atoms. The molecule has 0 N–H and O–H groups in total. The number of unbranched alkanes of at least 4 members (excludes halogenated alkanes) is 4. The van der Waals surface area contributed by atoms with E-state index in [1.807, 2.05) is 6.07 Å².